The molecule has 3 rings (SSSR count). The quantitative estimate of drug-likeness (QED) is 0.671. The van der Waals surface area contributed by atoms with Crippen molar-refractivity contribution < 1.29 is 4.92 Å². The monoisotopic (exact) mass is 327 g/mol. The first kappa shape index (κ1) is 16.2. The molecule has 1 atom stereocenters. The van der Waals surface area contributed by atoms with E-state index in [2.05, 4.69) is 20.2 Å². The molecule has 1 N–H and O–H groups in total. The minimum Gasteiger partial charge on any atom is -0.370 e. The first-order valence-electron chi connectivity index (χ1n) is 8.06. The molecule has 0 aromatic carbocycles. The normalized spacial score (nSPS) is 17.1. The smallest absolute Gasteiger partial charge is 0.290 e. The van der Waals surface area contributed by atoms with Gasteiger partial charge >= 0.3 is 0 Å². The van der Waals surface area contributed by atoms with Crippen LogP contribution in [-0.2, 0) is 0 Å². The van der Waals surface area contributed by atoms with Crippen LogP contribution in [-0.4, -0.2) is 34.5 Å². The van der Waals surface area contributed by atoms with E-state index >= 15 is 0 Å². The van der Waals surface area contributed by atoms with Crippen molar-refractivity contribution in [3.63, 3.8) is 0 Å². The summed E-state index contributed by atoms with van der Waals surface area (Å²) >= 11 is 0. The van der Waals surface area contributed by atoms with Gasteiger partial charge in [-0.05, 0) is 44.4 Å². The van der Waals surface area contributed by atoms with Crippen molar-refractivity contribution >= 4 is 17.3 Å². The van der Waals surface area contributed by atoms with Crippen molar-refractivity contribution in [2.24, 2.45) is 5.92 Å². The second-order valence-corrected chi connectivity index (χ2v) is 6.23. The highest BCUT2D eigenvalue weighted by Crippen LogP contribution is 2.26. The second kappa shape index (κ2) is 6.82. The summed E-state index contributed by atoms with van der Waals surface area (Å²) in [5.41, 5.74) is 1.72. The SMILES string of the molecule is Cc1cccc(NCC2CCN(c3cc(C)c([N+](=O)[O-])cn3)C2)n1. The summed E-state index contributed by atoms with van der Waals surface area (Å²) in [5, 5.41) is 14.3. The Balaban J connectivity index is 1.59. The number of nitrogens with zero attached hydrogens (tertiary/aromatic N) is 4. The number of aryl methyl sites for hydroxylation is 2. The Morgan fingerprint density at radius 3 is 2.96 bits per heavy atom. The first-order chi connectivity index (χ1) is 11.5. The van der Waals surface area contributed by atoms with E-state index in [0.29, 0.717) is 11.5 Å². The molecule has 126 valence electrons. The molecule has 7 heteroatoms. The molecule has 1 fully saturated rings. The summed E-state index contributed by atoms with van der Waals surface area (Å²) in [6, 6.07) is 7.75. The highest BCUT2D eigenvalue weighted by atomic mass is 16.6. The van der Waals surface area contributed by atoms with Gasteiger partial charge in [-0.2, -0.15) is 0 Å². The van der Waals surface area contributed by atoms with Crippen LogP contribution in [0.3, 0.4) is 0 Å². The van der Waals surface area contributed by atoms with Gasteiger partial charge in [0.25, 0.3) is 5.69 Å². The first-order valence-corrected chi connectivity index (χ1v) is 8.06. The molecule has 2 aromatic rings. The number of nitro groups is 1. The van der Waals surface area contributed by atoms with Crippen LogP contribution >= 0.6 is 0 Å². The van der Waals surface area contributed by atoms with Crippen LogP contribution in [0.2, 0.25) is 0 Å². The molecular weight excluding hydrogens is 306 g/mol. The molecule has 0 saturated carbocycles. The highest BCUT2D eigenvalue weighted by Gasteiger charge is 2.24. The fourth-order valence-corrected chi connectivity index (χ4v) is 3.00. The van der Waals surface area contributed by atoms with Gasteiger partial charge in [-0.1, -0.05) is 6.07 Å². The molecule has 1 unspecified atom stereocenters. The van der Waals surface area contributed by atoms with E-state index in [9.17, 15) is 10.1 Å². The third kappa shape index (κ3) is 3.61. The molecule has 0 bridgehead atoms. The molecule has 24 heavy (non-hydrogen) atoms. The van der Waals surface area contributed by atoms with Crippen molar-refractivity contribution in [1.29, 1.82) is 0 Å². The van der Waals surface area contributed by atoms with E-state index in [1.54, 1.807) is 13.0 Å². The summed E-state index contributed by atoms with van der Waals surface area (Å²) < 4.78 is 0. The summed E-state index contributed by atoms with van der Waals surface area (Å²) in [7, 11) is 0. The Labute approximate surface area is 140 Å². The van der Waals surface area contributed by atoms with Gasteiger partial charge in [-0.15, -0.1) is 0 Å². The number of hydrogen-bond acceptors (Lipinski definition) is 6. The third-order valence-electron chi connectivity index (χ3n) is 4.34. The maximum absolute atomic E-state index is 10.9. The zero-order valence-corrected chi connectivity index (χ0v) is 13.9. The highest BCUT2D eigenvalue weighted by molar-refractivity contribution is 5.49. The van der Waals surface area contributed by atoms with Crippen LogP contribution in [0.1, 0.15) is 17.7 Å². The van der Waals surface area contributed by atoms with Gasteiger partial charge in [-0.3, -0.25) is 10.1 Å². The van der Waals surface area contributed by atoms with E-state index in [4.69, 9.17) is 0 Å². The fourth-order valence-electron chi connectivity index (χ4n) is 3.00. The van der Waals surface area contributed by atoms with Gasteiger partial charge < -0.3 is 10.2 Å². The van der Waals surface area contributed by atoms with Crippen molar-refractivity contribution in [2.45, 2.75) is 20.3 Å². The van der Waals surface area contributed by atoms with Gasteiger partial charge in [0, 0.05) is 30.9 Å². The zero-order chi connectivity index (χ0) is 17.1. The Hall–Kier alpha value is -2.70. The predicted molar refractivity (Wildman–Crippen MR) is 93.4 cm³/mol. The van der Waals surface area contributed by atoms with Gasteiger partial charge in [0.2, 0.25) is 0 Å². The Morgan fingerprint density at radius 1 is 1.42 bits per heavy atom. The van der Waals surface area contributed by atoms with Crippen LogP contribution in [0.25, 0.3) is 0 Å². The summed E-state index contributed by atoms with van der Waals surface area (Å²) in [6.07, 6.45) is 2.42. The molecule has 3 heterocycles. The number of aromatic nitrogens is 2. The zero-order valence-electron chi connectivity index (χ0n) is 13.9. The van der Waals surface area contributed by atoms with E-state index in [0.717, 1.165) is 43.4 Å². The van der Waals surface area contributed by atoms with Crippen LogP contribution in [0.15, 0.2) is 30.5 Å². The van der Waals surface area contributed by atoms with Gasteiger partial charge in [0.05, 0.1) is 4.92 Å². The van der Waals surface area contributed by atoms with Crippen molar-refractivity contribution in [1.82, 2.24) is 9.97 Å². The lowest BCUT2D eigenvalue weighted by molar-refractivity contribution is -0.385. The Morgan fingerprint density at radius 2 is 2.25 bits per heavy atom. The topological polar surface area (TPSA) is 84.2 Å². The maximum Gasteiger partial charge on any atom is 0.290 e. The molecule has 7 nitrogen and oxygen atoms in total. The molecule has 0 amide bonds. The molecule has 1 aliphatic rings. The minimum absolute atomic E-state index is 0.0710. The summed E-state index contributed by atoms with van der Waals surface area (Å²) in [5.74, 6) is 2.22. The Bertz CT molecular complexity index is 750. The van der Waals surface area contributed by atoms with Crippen LogP contribution in [0, 0.1) is 29.9 Å². The molecule has 0 radical (unpaired) electrons. The van der Waals surface area contributed by atoms with Crippen LogP contribution in [0.4, 0.5) is 17.3 Å². The number of anilines is 2. The standard InChI is InChI=1S/C17H21N5O2/c1-12-8-17(19-10-15(12)22(23)24)21-7-6-14(11-21)9-18-16-5-3-4-13(2)20-16/h3-5,8,10,14H,6-7,9,11H2,1-2H3,(H,18,20). The minimum atomic E-state index is -0.391. The number of hydrogen-bond donors (Lipinski definition) is 1. The van der Waals surface area contributed by atoms with E-state index < -0.39 is 4.92 Å². The van der Waals surface area contributed by atoms with E-state index in [1.807, 2.05) is 25.1 Å². The van der Waals surface area contributed by atoms with Crippen molar-refractivity contribution in [2.75, 3.05) is 29.9 Å². The van der Waals surface area contributed by atoms with Crippen LogP contribution < -0.4 is 10.2 Å². The van der Waals surface area contributed by atoms with Gasteiger partial charge in [-0.25, -0.2) is 9.97 Å². The summed E-state index contributed by atoms with van der Waals surface area (Å²) in [4.78, 5) is 21.4. The van der Waals surface area contributed by atoms with E-state index in [1.165, 1.54) is 6.20 Å². The lowest BCUT2D eigenvalue weighted by atomic mass is 10.1. The number of pyridine rings is 2. The fraction of sp³-hybridized carbons (Fsp3) is 0.412. The molecule has 0 aliphatic carbocycles. The molecule has 2 aromatic heterocycles. The van der Waals surface area contributed by atoms with Crippen molar-refractivity contribution in [3.8, 4) is 0 Å². The van der Waals surface area contributed by atoms with E-state index in [-0.39, 0.29) is 5.69 Å². The molecule has 1 saturated heterocycles. The van der Waals surface area contributed by atoms with Gasteiger partial charge in [0.1, 0.15) is 17.8 Å². The lowest BCUT2D eigenvalue weighted by Gasteiger charge is -2.18. The third-order valence-corrected chi connectivity index (χ3v) is 4.34. The lowest BCUT2D eigenvalue weighted by Crippen LogP contribution is -2.23. The van der Waals surface area contributed by atoms with Crippen LogP contribution in [0.5, 0.6) is 0 Å². The molecular formula is C17H21N5O2. The average molecular weight is 327 g/mol. The number of nitrogens with one attached hydrogen (secondary N) is 1. The van der Waals surface area contributed by atoms with Gasteiger partial charge in [0.15, 0.2) is 0 Å². The predicted octanol–water partition coefficient (Wildman–Crippen LogP) is 2.94. The maximum atomic E-state index is 10.9. The average Bonchev–Trinajstić information content (AvgIpc) is 3.01. The number of rotatable bonds is 5. The largest absolute Gasteiger partial charge is 0.370 e. The molecule has 0 spiro atoms. The van der Waals surface area contributed by atoms with Crippen molar-refractivity contribution in [3.05, 3.63) is 51.8 Å². The molecule has 1 aliphatic heterocycles. The Kier molecular flexibility index (Phi) is 4.59. The second-order valence-electron chi connectivity index (χ2n) is 6.23. The summed E-state index contributed by atoms with van der Waals surface area (Å²) in [6.45, 7) is 6.40.